The third-order valence-electron chi connectivity index (χ3n) is 4.73. The van der Waals surface area contributed by atoms with E-state index in [0.717, 1.165) is 12.1 Å². The lowest BCUT2D eigenvalue weighted by Gasteiger charge is -2.16. The second-order valence-electron chi connectivity index (χ2n) is 6.81. The molecule has 12 heteroatoms. The van der Waals surface area contributed by atoms with Crippen molar-refractivity contribution in [2.75, 3.05) is 6.61 Å². The van der Waals surface area contributed by atoms with Crippen molar-refractivity contribution in [1.29, 1.82) is 0 Å². The van der Waals surface area contributed by atoms with Gasteiger partial charge >= 0.3 is 18.0 Å². The van der Waals surface area contributed by atoms with Crippen LogP contribution in [0.25, 0.3) is 22.4 Å². The van der Waals surface area contributed by atoms with Gasteiger partial charge in [-0.2, -0.15) is 26.3 Å². The Morgan fingerprint density at radius 1 is 0.939 bits per heavy atom. The average molecular weight is 493 g/mol. The molecule has 1 aromatic heterocycles. The molecule has 3 rings (SSSR count). The Morgan fingerprint density at radius 2 is 1.48 bits per heavy atom. The maximum absolute atomic E-state index is 14.2. The van der Waals surface area contributed by atoms with E-state index < -0.39 is 57.8 Å². The molecule has 0 saturated carbocycles. The first kappa shape index (κ1) is 24.6. The summed E-state index contributed by atoms with van der Waals surface area (Å²) in [5.74, 6) is 0. The van der Waals surface area contributed by atoms with E-state index in [2.05, 4.69) is 0 Å². The second kappa shape index (κ2) is 9.06. The fraction of sp³-hybridized carbons (Fsp3) is 0.238. The average Bonchev–Trinajstić information content (AvgIpc) is 3.08. The maximum Gasteiger partial charge on any atom is 0.432 e. The van der Waals surface area contributed by atoms with Crippen molar-refractivity contribution < 1.29 is 36.0 Å². The first-order valence-electron chi connectivity index (χ1n) is 9.35. The highest BCUT2D eigenvalue weighted by Gasteiger charge is 2.45. The molecule has 0 fully saturated rings. The summed E-state index contributed by atoms with van der Waals surface area (Å²) in [6.07, 6.45) is -9.82. The van der Waals surface area contributed by atoms with Crippen LogP contribution in [-0.2, 0) is 23.8 Å². The Labute approximate surface area is 188 Å². The van der Waals surface area contributed by atoms with E-state index >= 15 is 0 Å². The molecule has 0 N–H and O–H groups in total. The minimum absolute atomic E-state index is 0.0128. The van der Waals surface area contributed by atoms with Crippen LogP contribution in [0.5, 0.6) is 0 Å². The van der Waals surface area contributed by atoms with E-state index in [-0.39, 0.29) is 17.2 Å². The summed E-state index contributed by atoms with van der Waals surface area (Å²) in [5.41, 5.74) is -5.04. The predicted octanol–water partition coefficient (Wildman–Crippen LogP) is 7.42. The molecule has 0 amide bonds. The summed E-state index contributed by atoms with van der Waals surface area (Å²) in [7, 11) is 0. The van der Waals surface area contributed by atoms with Gasteiger partial charge in [0.2, 0.25) is 0 Å². The van der Waals surface area contributed by atoms with E-state index in [1.54, 1.807) is 0 Å². The van der Waals surface area contributed by atoms with Crippen molar-refractivity contribution in [2.45, 2.75) is 26.0 Å². The lowest BCUT2D eigenvalue weighted by Crippen LogP contribution is -2.17. The number of rotatable bonds is 6. The molecule has 0 atom stereocenters. The topological polar surface area (TPSA) is 57.3 Å². The van der Waals surface area contributed by atoms with Gasteiger partial charge in [0.15, 0.2) is 0 Å². The normalized spacial score (nSPS) is 12.2. The molecule has 0 aliphatic rings. The van der Waals surface area contributed by atoms with Crippen molar-refractivity contribution in [3.8, 4) is 22.4 Å². The molecule has 5 nitrogen and oxygen atoms in total. The lowest BCUT2D eigenvalue weighted by atomic mass is 10.0. The van der Waals surface area contributed by atoms with Gasteiger partial charge in [-0.1, -0.05) is 35.9 Å². The zero-order chi connectivity index (χ0) is 24.6. The molecule has 33 heavy (non-hydrogen) atoms. The number of hydrogen-bond donors (Lipinski definition) is 0. The first-order chi connectivity index (χ1) is 15.4. The zero-order valence-corrected chi connectivity index (χ0v) is 17.6. The van der Waals surface area contributed by atoms with Crippen LogP contribution in [0.3, 0.4) is 0 Å². The summed E-state index contributed by atoms with van der Waals surface area (Å²) in [4.78, 5) is 11.0. The fourth-order valence-electron chi connectivity index (χ4n) is 3.39. The Hall–Kier alpha value is -3.05. The number of benzene rings is 2. The molecule has 176 valence electrons. The van der Waals surface area contributed by atoms with E-state index in [4.69, 9.17) is 16.3 Å². The van der Waals surface area contributed by atoms with Crippen molar-refractivity contribution in [3.05, 3.63) is 74.9 Å². The Balaban J connectivity index is 2.42. The van der Waals surface area contributed by atoms with Gasteiger partial charge in [0, 0.05) is 17.2 Å². The summed E-state index contributed by atoms with van der Waals surface area (Å²) in [5, 5.41) is 12.3. The molecule has 0 unspecified atom stereocenters. The smallest absolute Gasteiger partial charge is 0.361 e. The third-order valence-corrected chi connectivity index (χ3v) is 4.98. The van der Waals surface area contributed by atoms with Crippen LogP contribution in [0.15, 0.2) is 48.5 Å². The van der Waals surface area contributed by atoms with Crippen molar-refractivity contribution in [2.24, 2.45) is 0 Å². The van der Waals surface area contributed by atoms with E-state index in [0.29, 0.717) is 16.7 Å². The number of ether oxygens (including phenoxy) is 1. The molecular formula is C21H15ClF6N2O3. The monoisotopic (exact) mass is 492 g/mol. The van der Waals surface area contributed by atoms with E-state index in [9.17, 15) is 36.5 Å². The van der Waals surface area contributed by atoms with Crippen LogP contribution in [0, 0.1) is 10.1 Å². The van der Waals surface area contributed by atoms with Crippen LogP contribution in [0.4, 0.5) is 32.0 Å². The number of aromatic nitrogens is 1. The molecule has 1 heterocycles. The summed E-state index contributed by atoms with van der Waals surface area (Å²) in [6.45, 7) is 0.869. The largest absolute Gasteiger partial charge is 0.432 e. The molecule has 0 spiro atoms. The Bertz CT molecular complexity index is 1150. The summed E-state index contributed by atoms with van der Waals surface area (Å²) in [6, 6.07) is 8.01. The fourth-order valence-corrected chi connectivity index (χ4v) is 3.51. The second-order valence-corrected chi connectivity index (χ2v) is 7.24. The Morgan fingerprint density at radius 3 is 1.94 bits per heavy atom. The number of halogens is 7. The van der Waals surface area contributed by atoms with Gasteiger partial charge in [0.05, 0.1) is 16.1 Å². The highest BCUT2D eigenvalue weighted by molar-refractivity contribution is 6.30. The van der Waals surface area contributed by atoms with Gasteiger partial charge in [-0.15, -0.1) is 0 Å². The van der Waals surface area contributed by atoms with Crippen LogP contribution in [-0.4, -0.2) is 16.1 Å². The van der Waals surface area contributed by atoms with Crippen LogP contribution in [0.2, 0.25) is 5.02 Å². The van der Waals surface area contributed by atoms with Gasteiger partial charge in [-0.3, -0.25) is 10.1 Å². The SMILES string of the molecule is CCOCn1c(-c2ccc(Cl)cc2)c([N+](=O)[O-])c(-c2ccc(C(F)(F)F)cc2)c1C(F)(F)F. The van der Waals surface area contributed by atoms with Gasteiger partial charge in [0.1, 0.15) is 18.1 Å². The zero-order valence-electron chi connectivity index (χ0n) is 16.8. The number of nitrogens with zero attached hydrogens (tertiary/aromatic N) is 2. The van der Waals surface area contributed by atoms with Crippen molar-refractivity contribution in [1.82, 2.24) is 4.57 Å². The quantitative estimate of drug-likeness (QED) is 0.204. The minimum Gasteiger partial charge on any atom is -0.361 e. The van der Waals surface area contributed by atoms with Gasteiger partial charge in [-0.25, -0.2) is 0 Å². The van der Waals surface area contributed by atoms with Gasteiger partial charge < -0.3 is 9.30 Å². The van der Waals surface area contributed by atoms with E-state index in [1.807, 2.05) is 0 Å². The Kier molecular flexibility index (Phi) is 6.75. The lowest BCUT2D eigenvalue weighted by molar-refractivity contribution is -0.383. The summed E-state index contributed by atoms with van der Waals surface area (Å²) < 4.78 is 87.3. The molecule has 0 saturated heterocycles. The van der Waals surface area contributed by atoms with Crippen LogP contribution >= 0.6 is 11.6 Å². The van der Waals surface area contributed by atoms with Gasteiger partial charge in [-0.05, 0) is 36.8 Å². The van der Waals surface area contributed by atoms with Crippen LogP contribution in [0.1, 0.15) is 18.2 Å². The minimum atomic E-state index is -5.09. The van der Waals surface area contributed by atoms with Gasteiger partial charge in [0.25, 0.3) is 0 Å². The van der Waals surface area contributed by atoms with E-state index in [1.165, 1.54) is 31.2 Å². The summed E-state index contributed by atoms with van der Waals surface area (Å²) >= 11 is 5.84. The predicted molar refractivity (Wildman–Crippen MR) is 109 cm³/mol. The standard InChI is InChI=1S/C21H15ClF6N2O3/c1-2-33-11-29-17(13-5-9-15(22)10-6-13)18(30(31)32)16(19(29)21(26,27)28)12-3-7-14(8-4-12)20(23,24)25/h3-10H,2,11H2,1H3. The number of alkyl halides is 6. The molecule has 0 radical (unpaired) electrons. The van der Waals surface area contributed by atoms with Crippen LogP contribution < -0.4 is 0 Å². The van der Waals surface area contributed by atoms with Crippen molar-refractivity contribution in [3.63, 3.8) is 0 Å². The highest BCUT2D eigenvalue weighted by Crippen LogP contribution is 2.49. The molecular weight excluding hydrogens is 478 g/mol. The first-order valence-corrected chi connectivity index (χ1v) is 9.73. The highest BCUT2D eigenvalue weighted by atomic mass is 35.5. The molecule has 0 aliphatic carbocycles. The number of hydrogen-bond acceptors (Lipinski definition) is 3. The molecule has 0 bridgehead atoms. The molecule has 0 aliphatic heterocycles. The van der Waals surface area contributed by atoms with Crippen molar-refractivity contribution >= 4 is 17.3 Å². The molecule has 3 aromatic rings. The third kappa shape index (κ3) is 4.98. The number of nitro groups is 1. The maximum atomic E-state index is 14.2. The molecule has 2 aromatic carbocycles.